The van der Waals surface area contributed by atoms with Crippen molar-refractivity contribution in [3.63, 3.8) is 0 Å². The maximum absolute atomic E-state index is 11.1. The minimum absolute atomic E-state index is 0.291. The molecule has 0 aromatic rings. The minimum atomic E-state index is -0.291. The molecule has 4 nitrogen and oxygen atoms in total. The molecule has 1 aliphatic rings. The van der Waals surface area contributed by atoms with E-state index >= 15 is 0 Å². The number of nitrogens with one attached hydrogen (secondary N) is 1. The van der Waals surface area contributed by atoms with Crippen molar-refractivity contribution >= 4 is 11.8 Å². The van der Waals surface area contributed by atoms with E-state index in [0.29, 0.717) is 18.7 Å². The molecule has 0 radical (unpaired) electrons. The van der Waals surface area contributed by atoms with E-state index in [1.54, 1.807) is 13.1 Å². The smallest absolute Gasteiger partial charge is 0.337 e. The van der Waals surface area contributed by atoms with Crippen LogP contribution in [0.1, 0.15) is 13.8 Å². The number of carbonyl (C=O) groups is 1. The lowest BCUT2D eigenvalue weighted by molar-refractivity contribution is -0.138. The summed E-state index contributed by atoms with van der Waals surface area (Å²) in [5.74, 6) is 0.532. The molecule has 0 saturated heterocycles. The summed E-state index contributed by atoms with van der Waals surface area (Å²) in [6.45, 7) is 4.44. The van der Waals surface area contributed by atoms with Crippen LogP contribution in [-0.2, 0) is 9.53 Å². The van der Waals surface area contributed by atoms with Gasteiger partial charge in [-0.25, -0.2) is 4.79 Å². The third-order valence-corrected chi connectivity index (χ3v) is 1.48. The molecule has 0 unspecified atom stereocenters. The quantitative estimate of drug-likeness (QED) is 0.609. The third-order valence-electron chi connectivity index (χ3n) is 1.48. The van der Waals surface area contributed by atoms with Crippen LogP contribution in [0.5, 0.6) is 0 Å². The molecule has 0 bridgehead atoms. The van der Waals surface area contributed by atoms with E-state index in [1.807, 2.05) is 6.92 Å². The first-order valence-corrected chi connectivity index (χ1v) is 3.87. The molecule has 1 rings (SSSR count). The number of ether oxygens (including phenoxy) is 1. The van der Waals surface area contributed by atoms with Gasteiger partial charge in [-0.15, -0.1) is 0 Å². The Kier molecular flexibility index (Phi) is 2.85. The van der Waals surface area contributed by atoms with Crippen molar-refractivity contribution in [2.45, 2.75) is 13.8 Å². The molecule has 0 amide bonds. The van der Waals surface area contributed by atoms with Crippen LogP contribution in [0.4, 0.5) is 0 Å². The van der Waals surface area contributed by atoms with Gasteiger partial charge in [-0.05, 0) is 13.8 Å². The van der Waals surface area contributed by atoms with E-state index in [1.165, 1.54) is 0 Å². The van der Waals surface area contributed by atoms with Crippen LogP contribution >= 0.6 is 0 Å². The molecular weight excluding hydrogens is 156 g/mol. The molecule has 0 saturated carbocycles. The fraction of sp³-hybridized carbons (Fsp3) is 0.500. The standard InChI is InChI=1S/C8H12N2O2/c1-3-12-8(11)7-4-9-6(2)10-5-7/h4H,3,5H2,1-2H3,(H,9,10). The maximum atomic E-state index is 11.1. The Morgan fingerprint density at radius 1 is 1.83 bits per heavy atom. The van der Waals surface area contributed by atoms with Gasteiger partial charge >= 0.3 is 5.97 Å². The SMILES string of the molecule is CCOC(=O)C1=CNC(C)=NC1. The minimum Gasteiger partial charge on any atom is -0.463 e. The van der Waals surface area contributed by atoms with E-state index < -0.39 is 0 Å². The summed E-state index contributed by atoms with van der Waals surface area (Å²) in [5, 5.41) is 2.86. The summed E-state index contributed by atoms with van der Waals surface area (Å²) < 4.78 is 4.80. The van der Waals surface area contributed by atoms with Gasteiger partial charge < -0.3 is 10.1 Å². The van der Waals surface area contributed by atoms with Crippen LogP contribution < -0.4 is 5.32 Å². The molecule has 0 spiro atoms. The normalized spacial score (nSPS) is 15.8. The molecule has 0 aromatic carbocycles. The van der Waals surface area contributed by atoms with E-state index in [9.17, 15) is 4.79 Å². The summed E-state index contributed by atoms with van der Waals surface area (Å²) in [6.07, 6.45) is 1.64. The Balaban J connectivity index is 2.50. The highest BCUT2D eigenvalue weighted by molar-refractivity contribution is 5.92. The van der Waals surface area contributed by atoms with Gasteiger partial charge in [0.1, 0.15) is 0 Å². The molecule has 1 N–H and O–H groups in total. The van der Waals surface area contributed by atoms with Crippen molar-refractivity contribution in [1.82, 2.24) is 5.32 Å². The molecule has 1 aliphatic heterocycles. The third kappa shape index (κ3) is 2.08. The summed E-state index contributed by atoms with van der Waals surface area (Å²) in [7, 11) is 0. The van der Waals surface area contributed by atoms with E-state index in [0.717, 1.165) is 5.84 Å². The van der Waals surface area contributed by atoms with E-state index in [2.05, 4.69) is 10.3 Å². The zero-order valence-corrected chi connectivity index (χ0v) is 7.26. The number of carbonyl (C=O) groups excluding carboxylic acids is 1. The van der Waals surface area contributed by atoms with Gasteiger partial charge in [0.05, 0.1) is 24.6 Å². The topological polar surface area (TPSA) is 50.7 Å². The van der Waals surface area contributed by atoms with Crippen LogP contribution in [0.3, 0.4) is 0 Å². The Hall–Kier alpha value is -1.32. The number of amidine groups is 1. The van der Waals surface area contributed by atoms with Gasteiger partial charge in [0.25, 0.3) is 0 Å². The second-order valence-electron chi connectivity index (χ2n) is 2.44. The monoisotopic (exact) mass is 168 g/mol. The lowest BCUT2D eigenvalue weighted by atomic mass is 10.2. The average Bonchev–Trinajstić information content (AvgIpc) is 2.06. The predicted molar refractivity (Wildman–Crippen MR) is 45.8 cm³/mol. The maximum Gasteiger partial charge on any atom is 0.337 e. The van der Waals surface area contributed by atoms with Crippen molar-refractivity contribution < 1.29 is 9.53 Å². The number of nitrogens with zero attached hydrogens (tertiary/aromatic N) is 1. The second-order valence-corrected chi connectivity index (χ2v) is 2.44. The first-order valence-electron chi connectivity index (χ1n) is 3.87. The summed E-state index contributed by atoms with van der Waals surface area (Å²) in [4.78, 5) is 15.2. The first-order chi connectivity index (χ1) is 5.74. The molecule has 0 aromatic heterocycles. The Bertz CT molecular complexity index is 243. The van der Waals surface area contributed by atoms with Crippen molar-refractivity contribution in [3.05, 3.63) is 11.8 Å². The summed E-state index contributed by atoms with van der Waals surface area (Å²) >= 11 is 0. The van der Waals surface area contributed by atoms with Crippen LogP contribution in [0, 0.1) is 0 Å². The summed E-state index contributed by atoms with van der Waals surface area (Å²) in [5.41, 5.74) is 0.572. The van der Waals surface area contributed by atoms with Crippen LogP contribution in [0.15, 0.2) is 16.8 Å². The lowest BCUT2D eigenvalue weighted by Gasteiger charge is -2.10. The number of aliphatic imine (C=N–C) groups is 1. The van der Waals surface area contributed by atoms with E-state index in [4.69, 9.17) is 4.74 Å². The molecule has 4 heteroatoms. The molecule has 12 heavy (non-hydrogen) atoms. The fourth-order valence-electron chi connectivity index (χ4n) is 0.834. The Morgan fingerprint density at radius 3 is 3.08 bits per heavy atom. The lowest BCUT2D eigenvalue weighted by Crippen LogP contribution is -2.23. The molecule has 1 heterocycles. The van der Waals surface area contributed by atoms with E-state index in [-0.39, 0.29) is 5.97 Å². The highest BCUT2D eigenvalue weighted by Crippen LogP contribution is 2.01. The second kappa shape index (κ2) is 3.90. The van der Waals surface area contributed by atoms with Gasteiger partial charge in [0, 0.05) is 6.20 Å². The number of hydrogen-bond acceptors (Lipinski definition) is 4. The Morgan fingerprint density at radius 2 is 2.58 bits per heavy atom. The zero-order valence-electron chi connectivity index (χ0n) is 7.26. The fourth-order valence-corrected chi connectivity index (χ4v) is 0.834. The van der Waals surface area contributed by atoms with Crippen LogP contribution in [0.2, 0.25) is 0 Å². The molecular formula is C8H12N2O2. The van der Waals surface area contributed by atoms with Gasteiger partial charge in [-0.1, -0.05) is 0 Å². The predicted octanol–water partition coefficient (Wildman–Crippen LogP) is 0.455. The van der Waals surface area contributed by atoms with Gasteiger partial charge in [-0.2, -0.15) is 0 Å². The molecule has 0 fully saturated rings. The van der Waals surface area contributed by atoms with Crippen molar-refractivity contribution in [1.29, 1.82) is 0 Å². The molecule has 66 valence electrons. The van der Waals surface area contributed by atoms with Gasteiger partial charge in [0.15, 0.2) is 0 Å². The zero-order chi connectivity index (χ0) is 8.97. The van der Waals surface area contributed by atoms with Crippen LogP contribution in [-0.4, -0.2) is 25.0 Å². The van der Waals surface area contributed by atoms with Crippen LogP contribution in [0.25, 0.3) is 0 Å². The highest BCUT2D eigenvalue weighted by Gasteiger charge is 2.12. The van der Waals surface area contributed by atoms with Crippen molar-refractivity contribution in [3.8, 4) is 0 Å². The largest absolute Gasteiger partial charge is 0.463 e. The first kappa shape index (κ1) is 8.77. The van der Waals surface area contributed by atoms with Gasteiger partial charge in [-0.3, -0.25) is 4.99 Å². The average molecular weight is 168 g/mol. The van der Waals surface area contributed by atoms with Crippen molar-refractivity contribution in [2.75, 3.05) is 13.2 Å². The van der Waals surface area contributed by atoms with Gasteiger partial charge in [0.2, 0.25) is 0 Å². The molecule has 0 aliphatic carbocycles. The number of rotatable bonds is 2. The molecule has 0 atom stereocenters. The number of esters is 1. The summed E-state index contributed by atoms with van der Waals surface area (Å²) in [6, 6.07) is 0. The number of hydrogen-bond donors (Lipinski definition) is 1. The van der Waals surface area contributed by atoms with Crippen molar-refractivity contribution in [2.24, 2.45) is 4.99 Å². The highest BCUT2D eigenvalue weighted by atomic mass is 16.5. The Labute approximate surface area is 71.3 Å².